The van der Waals surface area contributed by atoms with E-state index in [1.165, 1.54) is 0 Å². The van der Waals surface area contributed by atoms with Crippen LogP contribution in [0.4, 0.5) is 0 Å². The van der Waals surface area contributed by atoms with Crippen LogP contribution in [0.2, 0.25) is 0 Å². The molecule has 0 bridgehead atoms. The highest BCUT2D eigenvalue weighted by Gasteiger charge is 2.01. The molecule has 0 aliphatic heterocycles. The fourth-order valence-corrected chi connectivity index (χ4v) is 0.908. The van der Waals surface area contributed by atoms with Crippen LogP contribution in [0, 0.1) is 0 Å². The summed E-state index contributed by atoms with van der Waals surface area (Å²) in [6.07, 6.45) is 2.01. The molecule has 0 amide bonds. The third-order valence-corrected chi connectivity index (χ3v) is 1.59. The number of hydrogen-bond acceptors (Lipinski definition) is 0. The van der Waals surface area contributed by atoms with Gasteiger partial charge in [-0.1, -0.05) is 37.0 Å². The lowest BCUT2D eigenvalue weighted by molar-refractivity contribution is 1.32. The lowest BCUT2D eigenvalue weighted by atomic mass is 9.97. The molecular weight excluding hydrogens is 132 g/mol. The number of rotatable bonds is 3. The number of allylic oxidation sites excluding steroid dienone is 5. The number of hydrogen-bond donors (Lipinski definition) is 0. The second-order valence-electron chi connectivity index (χ2n) is 2.74. The molecule has 0 aliphatic carbocycles. The molecule has 60 valence electrons. The van der Waals surface area contributed by atoms with E-state index in [-0.39, 0.29) is 0 Å². The van der Waals surface area contributed by atoms with Crippen molar-refractivity contribution in [1.82, 2.24) is 0 Å². The summed E-state index contributed by atoms with van der Waals surface area (Å²) in [6, 6.07) is 0. The zero-order valence-corrected chi connectivity index (χ0v) is 7.70. The van der Waals surface area contributed by atoms with Crippen molar-refractivity contribution in [3.8, 4) is 0 Å². The minimum Gasteiger partial charge on any atom is -0.0955 e. The smallest absolute Gasteiger partial charge is 0.0207 e. The maximum Gasteiger partial charge on any atom is -0.0207 e. The summed E-state index contributed by atoms with van der Waals surface area (Å²) >= 11 is 0. The lowest BCUT2D eigenvalue weighted by Crippen LogP contribution is -1.89. The molecule has 0 radical (unpaired) electrons. The van der Waals surface area contributed by atoms with Gasteiger partial charge in [-0.25, -0.2) is 0 Å². The Hall–Kier alpha value is -1.04. The molecule has 0 unspecified atom stereocenters. The van der Waals surface area contributed by atoms with Crippen LogP contribution in [0.3, 0.4) is 0 Å². The van der Waals surface area contributed by atoms with Gasteiger partial charge in [0.05, 0.1) is 0 Å². The summed E-state index contributed by atoms with van der Waals surface area (Å²) in [5.74, 6) is 0. The molecule has 0 N–H and O–H groups in total. The second-order valence-corrected chi connectivity index (χ2v) is 2.74. The Kier molecular flexibility index (Phi) is 3.59. The molecule has 0 rings (SSSR count). The minimum absolute atomic E-state index is 0.986. The molecule has 0 aromatic carbocycles. The minimum atomic E-state index is 0.986. The quantitative estimate of drug-likeness (QED) is 0.536. The van der Waals surface area contributed by atoms with E-state index in [0.717, 1.165) is 22.3 Å². The van der Waals surface area contributed by atoms with E-state index in [9.17, 15) is 0 Å². The second kappa shape index (κ2) is 3.97. The van der Waals surface area contributed by atoms with Gasteiger partial charge in [0.2, 0.25) is 0 Å². The Balaban J connectivity index is 4.69. The first-order valence-corrected chi connectivity index (χ1v) is 3.68. The van der Waals surface area contributed by atoms with Crippen LogP contribution in [0.5, 0.6) is 0 Å². The Morgan fingerprint density at radius 1 is 1.00 bits per heavy atom. The monoisotopic (exact) mass is 148 g/mol. The third-order valence-electron chi connectivity index (χ3n) is 1.59. The normalized spacial score (nSPS) is 11.0. The van der Waals surface area contributed by atoms with Gasteiger partial charge >= 0.3 is 0 Å². The van der Waals surface area contributed by atoms with Gasteiger partial charge in [-0.3, -0.25) is 0 Å². The average molecular weight is 148 g/mol. The molecule has 0 aromatic rings. The molecule has 0 aromatic heterocycles. The Bertz CT molecular complexity index is 226. The van der Waals surface area contributed by atoms with Gasteiger partial charge in [0.25, 0.3) is 0 Å². The van der Waals surface area contributed by atoms with Crippen molar-refractivity contribution in [2.45, 2.75) is 20.8 Å². The molecule has 0 nitrogen and oxygen atoms in total. The topological polar surface area (TPSA) is 0 Å². The first-order valence-electron chi connectivity index (χ1n) is 3.68. The van der Waals surface area contributed by atoms with E-state index < -0.39 is 0 Å². The molecule has 0 spiro atoms. The molecular formula is C11H16. The maximum atomic E-state index is 3.92. The van der Waals surface area contributed by atoms with E-state index in [1.54, 1.807) is 0 Å². The van der Waals surface area contributed by atoms with Crippen molar-refractivity contribution >= 4 is 0 Å². The molecule has 0 heterocycles. The van der Waals surface area contributed by atoms with E-state index in [0.29, 0.717) is 0 Å². The average Bonchev–Trinajstić information content (AvgIpc) is 1.88. The Labute approximate surface area is 69.6 Å². The lowest BCUT2D eigenvalue weighted by Gasteiger charge is -2.08. The van der Waals surface area contributed by atoms with Crippen molar-refractivity contribution in [2.75, 3.05) is 0 Å². The molecule has 11 heavy (non-hydrogen) atoms. The van der Waals surface area contributed by atoms with E-state index in [1.807, 2.05) is 26.8 Å². The molecule has 0 saturated carbocycles. The summed E-state index contributed by atoms with van der Waals surface area (Å²) in [6.45, 7) is 17.5. The summed E-state index contributed by atoms with van der Waals surface area (Å²) in [5, 5.41) is 0. The zero-order chi connectivity index (χ0) is 9.02. The predicted octanol–water partition coefficient (Wildman–Crippen LogP) is 3.64. The van der Waals surface area contributed by atoms with E-state index in [2.05, 4.69) is 19.7 Å². The molecule has 0 saturated heterocycles. The Morgan fingerprint density at radius 3 is 1.55 bits per heavy atom. The fraction of sp³-hybridized carbons (Fsp3) is 0.273. The highest BCUT2D eigenvalue weighted by Crippen LogP contribution is 2.21. The molecule has 0 aliphatic rings. The van der Waals surface area contributed by atoms with Crippen LogP contribution >= 0.6 is 0 Å². The van der Waals surface area contributed by atoms with Crippen LogP contribution in [0.15, 0.2) is 48.1 Å². The standard InChI is InChI=1S/C11H16/c1-7-11(9(4)5)10(6)8(2)3/h7H,2,4,6H2,1,3,5H3/b11-7-. The van der Waals surface area contributed by atoms with Gasteiger partial charge in [-0.2, -0.15) is 0 Å². The molecule has 0 atom stereocenters. The van der Waals surface area contributed by atoms with Gasteiger partial charge < -0.3 is 0 Å². The highest BCUT2D eigenvalue weighted by molar-refractivity contribution is 5.51. The summed E-state index contributed by atoms with van der Waals surface area (Å²) < 4.78 is 0. The van der Waals surface area contributed by atoms with Crippen LogP contribution in [-0.2, 0) is 0 Å². The van der Waals surface area contributed by atoms with Gasteiger partial charge in [0, 0.05) is 0 Å². The van der Waals surface area contributed by atoms with E-state index in [4.69, 9.17) is 0 Å². The van der Waals surface area contributed by atoms with Gasteiger partial charge in [-0.05, 0) is 31.9 Å². The zero-order valence-electron chi connectivity index (χ0n) is 7.70. The van der Waals surface area contributed by atoms with Crippen LogP contribution < -0.4 is 0 Å². The SMILES string of the molecule is C=C(C)C(=C)/C(=C\C)C(=C)C. The summed E-state index contributed by atoms with van der Waals surface area (Å²) in [4.78, 5) is 0. The fourth-order valence-electron chi connectivity index (χ4n) is 0.908. The first-order chi connectivity index (χ1) is 5.00. The van der Waals surface area contributed by atoms with Crippen molar-refractivity contribution in [1.29, 1.82) is 0 Å². The third kappa shape index (κ3) is 2.58. The van der Waals surface area contributed by atoms with Crippen LogP contribution in [0.1, 0.15) is 20.8 Å². The maximum absolute atomic E-state index is 3.92. The van der Waals surface area contributed by atoms with Crippen LogP contribution in [0.25, 0.3) is 0 Å². The molecule has 0 fully saturated rings. The first kappa shape index (κ1) is 9.96. The van der Waals surface area contributed by atoms with Crippen molar-refractivity contribution in [3.05, 3.63) is 48.1 Å². The van der Waals surface area contributed by atoms with Crippen LogP contribution in [-0.4, -0.2) is 0 Å². The largest absolute Gasteiger partial charge is 0.0955 e. The Morgan fingerprint density at radius 2 is 1.45 bits per heavy atom. The van der Waals surface area contributed by atoms with Crippen molar-refractivity contribution in [3.63, 3.8) is 0 Å². The summed E-state index contributed by atoms with van der Waals surface area (Å²) in [5.41, 5.74) is 4.14. The van der Waals surface area contributed by atoms with Crippen molar-refractivity contribution < 1.29 is 0 Å². The molecule has 0 heteroatoms. The van der Waals surface area contributed by atoms with Gasteiger partial charge in [0.1, 0.15) is 0 Å². The predicted molar refractivity (Wildman–Crippen MR) is 52.5 cm³/mol. The van der Waals surface area contributed by atoms with Gasteiger partial charge in [0.15, 0.2) is 0 Å². The van der Waals surface area contributed by atoms with Gasteiger partial charge in [-0.15, -0.1) is 0 Å². The van der Waals surface area contributed by atoms with E-state index >= 15 is 0 Å². The van der Waals surface area contributed by atoms with Crippen molar-refractivity contribution in [2.24, 2.45) is 0 Å². The highest BCUT2D eigenvalue weighted by atomic mass is 14.1. The summed E-state index contributed by atoms with van der Waals surface area (Å²) in [7, 11) is 0.